The first-order chi connectivity index (χ1) is 10.8. The quantitative estimate of drug-likeness (QED) is 0.658. The van der Waals surface area contributed by atoms with Crippen molar-refractivity contribution in [3.8, 4) is 6.07 Å². The Bertz CT molecular complexity index is 612. The van der Waals surface area contributed by atoms with Crippen molar-refractivity contribution in [3.63, 3.8) is 0 Å². The van der Waals surface area contributed by atoms with Crippen molar-refractivity contribution in [1.82, 2.24) is 5.43 Å². The number of anilines is 1. The summed E-state index contributed by atoms with van der Waals surface area (Å²) in [5.74, 6) is -0.331. The summed E-state index contributed by atoms with van der Waals surface area (Å²) in [5, 5.41) is 2.93. The van der Waals surface area contributed by atoms with Crippen molar-refractivity contribution >= 4 is 17.7 Å². The van der Waals surface area contributed by atoms with Crippen LogP contribution in [0, 0.1) is 6.07 Å². The Morgan fingerprint density at radius 1 is 1.30 bits per heavy atom. The predicted molar refractivity (Wildman–Crippen MR) is 87.3 cm³/mol. The molecule has 0 aliphatic heterocycles. The van der Waals surface area contributed by atoms with Crippen LogP contribution in [0.15, 0.2) is 24.3 Å². The number of hydrogen-bond donors (Lipinski definition) is 2. The Labute approximate surface area is 135 Å². The van der Waals surface area contributed by atoms with Crippen LogP contribution in [0.1, 0.15) is 33.3 Å². The largest absolute Gasteiger partial charge is 0.475 e. The standard InChI is InChI=1S/C16H21N3O4/c1-5-22-14(20)11-17-13-8-6-7-12(9-13)10-18-19-15(21)23-16(2,3)4/h6-9,17H,5,11H2,1-4H3/p+1. The van der Waals surface area contributed by atoms with E-state index in [4.69, 9.17) is 9.47 Å². The van der Waals surface area contributed by atoms with Gasteiger partial charge in [0, 0.05) is 11.1 Å². The summed E-state index contributed by atoms with van der Waals surface area (Å²) < 4.78 is 9.87. The molecule has 7 heteroatoms. The highest BCUT2D eigenvalue weighted by Gasteiger charge is 2.18. The Morgan fingerprint density at radius 3 is 2.70 bits per heavy atom. The van der Waals surface area contributed by atoms with Gasteiger partial charge in [0.15, 0.2) is 0 Å². The Morgan fingerprint density at radius 2 is 2.04 bits per heavy atom. The molecule has 1 amide bonds. The van der Waals surface area contributed by atoms with Crippen molar-refractivity contribution in [2.24, 2.45) is 0 Å². The van der Waals surface area contributed by atoms with Crippen molar-refractivity contribution < 1.29 is 19.1 Å². The van der Waals surface area contributed by atoms with Gasteiger partial charge in [-0.05, 0) is 45.9 Å². The van der Waals surface area contributed by atoms with Crippen LogP contribution in [0.4, 0.5) is 10.5 Å². The molecule has 0 heterocycles. The van der Waals surface area contributed by atoms with Crippen LogP contribution in [0.5, 0.6) is 0 Å². The topological polar surface area (TPSA) is 81.0 Å². The lowest BCUT2D eigenvalue weighted by molar-refractivity contribution is -0.140. The van der Waals surface area contributed by atoms with E-state index >= 15 is 0 Å². The molecule has 2 N–H and O–H groups in total. The van der Waals surface area contributed by atoms with Gasteiger partial charge >= 0.3 is 18.1 Å². The minimum atomic E-state index is -0.651. The molecular formula is C16H22N3O4+. The van der Waals surface area contributed by atoms with Crippen LogP contribution < -0.4 is 10.7 Å². The van der Waals surface area contributed by atoms with Crippen LogP contribution in [0.3, 0.4) is 0 Å². The predicted octanol–water partition coefficient (Wildman–Crippen LogP) is 2.78. The third-order valence-electron chi connectivity index (χ3n) is 2.34. The molecule has 0 aliphatic carbocycles. The third-order valence-corrected chi connectivity index (χ3v) is 2.34. The second-order valence-corrected chi connectivity index (χ2v) is 5.58. The molecule has 0 radical (unpaired) electrons. The highest BCUT2D eigenvalue weighted by Crippen LogP contribution is 2.10. The van der Waals surface area contributed by atoms with E-state index in [1.165, 1.54) is 0 Å². The van der Waals surface area contributed by atoms with Gasteiger partial charge < -0.3 is 14.8 Å². The number of nitrogens with zero attached hydrogens (tertiary/aromatic N) is 1. The number of rotatable bonds is 4. The maximum atomic E-state index is 11.4. The summed E-state index contributed by atoms with van der Waals surface area (Å²) in [6.07, 6.45) is -0.651. The fourth-order valence-corrected chi connectivity index (χ4v) is 1.52. The number of carbonyl (C=O) groups excluding carboxylic acids is 2. The summed E-state index contributed by atoms with van der Waals surface area (Å²) in [5.41, 5.74) is 3.00. The molecule has 0 aromatic heterocycles. The van der Waals surface area contributed by atoms with Gasteiger partial charge in [0.05, 0.1) is 11.6 Å². The normalized spacial score (nSPS) is 10.1. The Balaban J connectivity index is 2.56. The minimum Gasteiger partial charge on any atom is -0.465 e. The molecule has 23 heavy (non-hydrogen) atoms. The van der Waals surface area contributed by atoms with E-state index in [0.29, 0.717) is 12.2 Å². The first-order valence-corrected chi connectivity index (χ1v) is 7.24. The SMILES string of the molecule is CCOC(=O)CNc1cccc(C#[N+]NC(=O)OC(C)(C)C)c1. The number of esters is 1. The zero-order valence-electron chi connectivity index (χ0n) is 13.8. The zero-order valence-corrected chi connectivity index (χ0v) is 13.8. The van der Waals surface area contributed by atoms with E-state index in [2.05, 4.69) is 21.8 Å². The van der Waals surface area contributed by atoms with Gasteiger partial charge in [-0.1, -0.05) is 6.07 Å². The lowest BCUT2D eigenvalue weighted by Gasteiger charge is -2.16. The van der Waals surface area contributed by atoms with Crippen LogP contribution in [0.2, 0.25) is 0 Å². The number of hydrogen-bond acceptors (Lipinski definition) is 5. The highest BCUT2D eigenvalue weighted by atomic mass is 16.6. The van der Waals surface area contributed by atoms with Gasteiger partial charge in [-0.15, -0.1) is 0 Å². The monoisotopic (exact) mass is 320 g/mol. The molecule has 1 aromatic carbocycles. The maximum absolute atomic E-state index is 11.4. The lowest BCUT2D eigenvalue weighted by Crippen LogP contribution is -2.29. The molecular weight excluding hydrogens is 298 g/mol. The number of amides is 1. The van der Waals surface area contributed by atoms with E-state index in [1.807, 2.05) is 0 Å². The molecule has 0 bridgehead atoms. The van der Waals surface area contributed by atoms with E-state index < -0.39 is 11.7 Å². The fourth-order valence-electron chi connectivity index (χ4n) is 1.52. The molecule has 1 rings (SSSR count). The number of nitrogens with one attached hydrogen (secondary N) is 2. The van der Waals surface area contributed by atoms with Gasteiger partial charge in [-0.3, -0.25) is 4.79 Å². The second-order valence-electron chi connectivity index (χ2n) is 5.58. The van der Waals surface area contributed by atoms with Crippen molar-refractivity contribution in [1.29, 1.82) is 0 Å². The summed E-state index contributed by atoms with van der Waals surface area (Å²) in [6.45, 7) is 7.46. The van der Waals surface area contributed by atoms with E-state index in [0.717, 1.165) is 5.69 Å². The number of ether oxygens (including phenoxy) is 2. The highest BCUT2D eigenvalue weighted by molar-refractivity contribution is 5.75. The molecule has 0 aliphatic rings. The molecule has 0 unspecified atom stereocenters. The molecule has 0 atom stereocenters. The van der Waals surface area contributed by atoms with Crippen LogP contribution in [0.25, 0.3) is 4.95 Å². The number of carbonyl (C=O) groups is 2. The summed E-state index contributed by atoms with van der Waals surface area (Å²) >= 11 is 0. The first-order valence-electron chi connectivity index (χ1n) is 7.24. The van der Waals surface area contributed by atoms with Gasteiger partial charge in [-0.2, -0.15) is 0 Å². The lowest BCUT2D eigenvalue weighted by atomic mass is 10.2. The van der Waals surface area contributed by atoms with E-state index in [9.17, 15) is 9.59 Å². The number of benzene rings is 1. The van der Waals surface area contributed by atoms with Crippen LogP contribution in [-0.2, 0) is 14.3 Å². The van der Waals surface area contributed by atoms with Crippen molar-refractivity contribution in [2.75, 3.05) is 18.5 Å². The maximum Gasteiger partial charge on any atom is 0.475 e. The summed E-state index contributed by atoms with van der Waals surface area (Å²) in [6, 6.07) is 9.74. The van der Waals surface area contributed by atoms with Crippen LogP contribution >= 0.6 is 0 Å². The fraction of sp³-hybridized carbons (Fsp3) is 0.438. The molecule has 1 aromatic rings. The third kappa shape index (κ3) is 8.31. The molecule has 0 saturated carbocycles. The van der Waals surface area contributed by atoms with E-state index in [-0.39, 0.29) is 12.5 Å². The van der Waals surface area contributed by atoms with Gasteiger partial charge in [0.25, 0.3) is 0 Å². The van der Waals surface area contributed by atoms with E-state index in [1.54, 1.807) is 52.0 Å². The first kappa shape index (κ1) is 18.3. The smallest absolute Gasteiger partial charge is 0.465 e. The molecule has 0 fully saturated rings. The molecule has 7 nitrogen and oxygen atoms in total. The molecule has 0 saturated heterocycles. The van der Waals surface area contributed by atoms with Crippen molar-refractivity contribution in [3.05, 3.63) is 34.8 Å². The summed E-state index contributed by atoms with van der Waals surface area (Å²) in [4.78, 5) is 26.4. The van der Waals surface area contributed by atoms with Gasteiger partial charge in [0.1, 0.15) is 17.7 Å². The zero-order chi connectivity index (χ0) is 17.3. The summed E-state index contributed by atoms with van der Waals surface area (Å²) in [7, 11) is 0. The Kier molecular flexibility index (Phi) is 6.87. The van der Waals surface area contributed by atoms with Crippen molar-refractivity contribution in [2.45, 2.75) is 33.3 Å². The van der Waals surface area contributed by atoms with Gasteiger partial charge in [-0.25, -0.2) is 4.79 Å². The van der Waals surface area contributed by atoms with Crippen LogP contribution in [-0.4, -0.2) is 30.8 Å². The molecule has 124 valence electrons. The van der Waals surface area contributed by atoms with Gasteiger partial charge in [0.2, 0.25) is 0 Å². The average Bonchev–Trinajstić information content (AvgIpc) is 2.44. The second kappa shape index (κ2) is 8.63. The Hall–Kier alpha value is -2.75. The minimum absolute atomic E-state index is 0.0740. The average molecular weight is 320 g/mol. The molecule has 0 spiro atoms.